The standard InChI is InChI=1S/C8H3BrI2S/c9-5-1-2-6(10)8-4(5)3-7(11)12-8/h1-3H. The summed E-state index contributed by atoms with van der Waals surface area (Å²) in [6.45, 7) is 0. The lowest BCUT2D eigenvalue weighted by Crippen LogP contribution is -1.71. The van der Waals surface area contributed by atoms with Crippen molar-refractivity contribution in [1.82, 2.24) is 0 Å². The highest BCUT2D eigenvalue weighted by molar-refractivity contribution is 14.1. The van der Waals surface area contributed by atoms with Crippen molar-refractivity contribution < 1.29 is 0 Å². The topological polar surface area (TPSA) is 0 Å². The first-order chi connectivity index (χ1) is 5.68. The molecule has 0 bridgehead atoms. The van der Waals surface area contributed by atoms with Crippen LogP contribution in [0.3, 0.4) is 0 Å². The molecule has 1 heterocycles. The van der Waals surface area contributed by atoms with E-state index in [4.69, 9.17) is 0 Å². The first-order valence-corrected chi connectivity index (χ1v) is 6.98. The molecule has 0 aliphatic carbocycles. The molecule has 4 heteroatoms. The van der Waals surface area contributed by atoms with Crippen molar-refractivity contribution >= 4 is 82.5 Å². The summed E-state index contributed by atoms with van der Waals surface area (Å²) in [7, 11) is 0. The summed E-state index contributed by atoms with van der Waals surface area (Å²) in [6.07, 6.45) is 0. The minimum absolute atomic E-state index is 1.19. The Hall–Kier alpha value is 1.12. The fourth-order valence-corrected chi connectivity index (χ4v) is 4.19. The van der Waals surface area contributed by atoms with Crippen molar-refractivity contribution in [2.75, 3.05) is 0 Å². The van der Waals surface area contributed by atoms with Crippen LogP contribution in [0.2, 0.25) is 0 Å². The molecule has 0 unspecified atom stereocenters. The number of rotatable bonds is 0. The van der Waals surface area contributed by atoms with E-state index in [2.05, 4.69) is 79.3 Å². The van der Waals surface area contributed by atoms with Gasteiger partial charge in [0.1, 0.15) is 0 Å². The van der Waals surface area contributed by atoms with Gasteiger partial charge in [-0.3, -0.25) is 0 Å². The molecule has 0 aliphatic heterocycles. The molecule has 2 aromatic rings. The molecule has 0 amide bonds. The Morgan fingerprint density at radius 1 is 1.25 bits per heavy atom. The van der Waals surface area contributed by atoms with Crippen LogP contribution in [0.15, 0.2) is 22.7 Å². The Labute approximate surface area is 110 Å². The van der Waals surface area contributed by atoms with Gasteiger partial charge in [0.15, 0.2) is 0 Å². The molecule has 0 saturated carbocycles. The number of halogens is 3. The molecule has 1 aromatic heterocycles. The summed E-state index contributed by atoms with van der Waals surface area (Å²) in [5.74, 6) is 0. The van der Waals surface area contributed by atoms with E-state index in [9.17, 15) is 0 Å². The summed E-state index contributed by atoms with van der Waals surface area (Å²) >= 11 is 10.1. The van der Waals surface area contributed by atoms with Crippen LogP contribution >= 0.6 is 72.4 Å². The van der Waals surface area contributed by atoms with Gasteiger partial charge in [0.05, 0.1) is 2.88 Å². The molecule has 12 heavy (non-hydrogen) atoms. The van der Waals surface area contributed by atoms with Gasteiger partial charge in [0, 0.05) is 18.1 Å². The molecular formula is C8H3BrI2S. The van der Waals surface area contributed by atoms with Gasteiger partial charge < -0.3 is 0 Å². The molecule has 1 aromatic carbocycles. The molecule has 2 rings (SSSR count). The van der Waals surface area contributed by atoms with E-state index >= 15 is 0 Å². The molecule has 0 aliphatic rings. The van der Waals surface area contributed by atoms with Crippen LogP contribution in [-0.2, 0) is 0 Å². The molecule has 0 radical (unpaired) electrons. The highest BCUT2D eigenvalue weighted by Gasteiger charge is 2.05. The molecule has 0 atom stereocenters. The maximum Gasteiger partial charge on any atom is 0.0666 e. The van der Waals surface area contributed by atoms with Crippen LogP contribution in [0.25, 0.3) is 10.1 Å². The number of hydrogen-bond donors (Lipinski definition) is 0. The fourth-order valence-electron chi connectivity index (χ4n) is 1.03. The average molecular weight is 465 g/mol. The normalized spacial score (nSPS) is 10.9. The monoisotopic (exact) mass is 464 g/mol. The van der Waals surface area contributed by atoms with Crippen molar-refractivity contribution in [1.29, 1.82) is 0 Å². The van der Waals surface area contributed by atoms with Crippen molar-refractivity contribution in [3.63, 3.8) is 0 Å². The second-order valence-corrected chi connectivity index (χ2v) is 7.29. The van der Waals surface area contributed by atoms with Crippen LogP contribution in [0, 0.1) is 6.45 Å². The molecule has 0 saturated heterocycles. The third kappa shape index (κ3) is 1.67. The Bertz CT molecular complexity index is 397. The minimum Gasteiger partial charge on any atom is -0.128 e. The average Bonchev–Trinajstić information content (AvgIpc) is 2.41. The van der Waals surface area contributed by atoms with Gasteiger partial charge in [-0.1, -0.05) is 15.9 Å². The first-order valence-electron chi connectivity index (χ1n) is 3.21. The maximum atomic E-state index is 3.54. The largest absolute Gasteiger partial charge is 0.128 e. The van der Waals surface area contributed by atoms with Gasteiger partial charge in [-0.15, -0.1) is 11.3 Å². The number of benzene rings is 1. The molecule has 0 fully saturated rings. The number of hydrogen-bond acceptors (Lipinski definition) is 1. The van der Waals surface area contributed by atoms with Crippen LogP contribution in [0.1, 0.15) is 0 Å². The first kappa shape index (κ1) is 9.67. The van der Waals surface area contributed by atoms with Gasteiger partial charge in [0.25, 0.3) is 0 Å². The van der Waals surface area contributed by atoms with Gasteiger partial charge in [-0.25, -0.2) is 0 Å². The molecule has 62 valence electrons. The molecule has 0 N–H and O–H groups in total. The van der Waals surface area contributed by atoms with E-state index in [1.807, 2.05) is 11.3 Å². The summed E-state index contributed by atoms with van der Waals surface area (Å²) in [4.78, 5) is 0. The van der Waals surface area contributed by atoms with E-state index in [1.54, 1.807) is 0 Å². The lowest BCUT2D eigenvalue weighted by molar-refractivity contribution is 1.74. The van der Waals surface area contributed by atoms with Crippen LogP contribution in [-0.4, -0.2) is 0 Å². The van der Waals surface area contributed by atoms with E-state index in [0.29, 0.717) is 0 Å². The zero-order valence-electron chi connectivity index (χ0n) is 5.77. The van der Waals surface area contributed by atoms with Crippen LogP contribution < -0.4 is 0 Å². The van der Waals surface area contributed by atoms with Gasteiger partial charge in [0.2, 0.25) is 0 Å². The second-order valence-electron chi connectivity index (χ2n) is 2.32. The fraction of sp³-hybridized carbons (Fsp3) is 0. The summed E-state index contributed by atoms with van der Waals surface area (Å²) < 4.78 is 5.25. The number of thiophene rings is 1. The third-order valence-corrected chi connectivity index (χ3v) is 5.44. The van der Waals surface area contributed by atoms with Crippen LogP contribution in [0.5, 0.6) is 0 Å². The van der Waals surface area contributed by atoms with E-state index in [1.165, 1.54) is 21.0 Å². The molecule has 0 nitrogen and oxygen atoms in total. The second kappa shape index (κ2) is 3.70. The minimum atomic E-state index is 1.19. The quantitative estimate of drug-likeness (QED) is 0.488. The molecular weight excluding hydrogens is 462 g/mol. The smallest absolute Gasteiger partial charge is 0.0666 e. The van der Waals surface area contributed by atoms with E-state index in [-0.39, 0.29) is 0 Å². The zero-order valence-corrected chi connectivity index (χ0v) is 12.5. The SMILES string of the molecule is Brc1ccc(I)c2sc(I)cc12. The number of fused-ring (bicyclic) bond motifs is 1. The van der Waals surface area contributed by atoms with Gasteiger partial charge in [-0.2, -0.15) is 0 Å². The Morgan fingerprint density at radius 3 is 2.67 bits per heavy atom. The highest BCUT2D eigenvalue weighted by atomic mass is 127. The third-order valence-electron chi connectivity index (χ3n) is 1.55. The van der Waals surface area contributed by atoms with Crippen LogP contribution in [0.4, 0.5) is 0 Å². The maximum absolute atomic E-state index is 3.54. The lowest BCUT2D eigenvalue weighted by atomic mass is 10.3. The van der Waals surface area contributed by atoms with E-state index in [0.717, 1.165) is 0 Å². The predicted molar refractivity (Wildman–Crippen MR) is 75.0 cm³/mol. The Kier molecular flexibility index (Phi) is 2.98. The Morgan fingerprint density at radius 2 is 2.00 bits per heavy atom. The lowest BCUT2D eigenvalue weighted by Gasteiger charge is -1.94. The Balaban J connectivity index is 2.93. The van der Waals surface area contributed by atoms with Crippen molar-refractivity contribution in [3.05, 3.63) is 29.1 Å². The summed E-state index contributed by atoms with van der Waals surface area (Å²) in [5, 5.41) is 1.33. The summed E-state index contributed by atoms with van der Waals surface area (Å²) in [5.41, 5.74) is 0. The van der Waals surface area contributed by atoms with Crippen molar-refractivity contribution in [2.45, 2.75) is 0 Å². The van der Waals surface area contributed by atoms with Gasteiger partial charge in [-0.05, 0) is 63.4 Å². The highest BCUT2D eigenvalue weighted by Crippen LogP contribution is 2.35. The predicted octanol–water partition coefficient (Wildman–Crippen LogP) is 4.87. The summed E-state index contributed by atoms with van der Waals surface area (Å²) in [6, 6.07) is 6.46. The van der Waals surface area contributed by atoms with Crippen molar-refractivity contribution in [3.8, 4) is 0 Å². The molecule has 0 spiro atoms. The van der Waals surface area contributed by atoms with Crippen molar-refractivity contribution in [2.24, 2.45) is 0 Å². The zero-order chi connectivity index (χ0) is 8.72. The van der Waals surface area contributed by atoms with E-state index < -0.39 is 0 Å². The van der Waals surface area contributed by atoms with Gasteiger partial charge >= 0.3 is 0 Å².